The molecule has 3 aromatic rings. The van der Waals surface area contributed by atoms with Crippen LogP contribution < -0.4 is 4.74 Å². The fourth-order valence-electron chi connectivity index (χ4n) is 8.85. The number of amides is 1. The maximum atomic E-state index is 13.6. The van der Waals surface area contributed by atoms with Crippen LogP contribution in [0.4, 0.5) is 13.2 Å². The summed E-state index contributed by atoms with van der Waals surface area (Å²) in [5.41, 5.74) is 0.664. The van der Waals surface area contributed by atoms with Gasteiger partial charge >= 0.3 is 6.18 Å². The number of alkyl halides is 3. The average Bonchev–Trinajstić information content (AvgIpc) is 3.38. The number of aliphatic hydroxyl groups is 1. The molecule has 1 saturated heterocycles. The predicted molar refractivity (Wildman–Crippen MR) is 164 cm³/mol. The largest absolute Gasteiger partial charge is 0.504 e. The Morgan fingerprint density at radius 1 is 1.13 bits per heavy atom. The second kappa shape index (κ2) is 10.6. The highest BCUT2D eigenvalue weighted by atomic mass is 19.4. The highest BCUT2D eigenvalue weighted by Gasteiger charge is 2.75. The molecule has 3 unspecified atom stereocenters. The van der Waals surface area contributed by atoms with Gasteiger partial charge in [0.15, 0.2) is 11.5 Å². The van der Waals surface area contributed by atoms with E-state index in [2.05, 4.69) is 17.0 Å². The summed E-state index contributed by atoms with van der Waals surface area (Å²) in [5, 5.41) is 24.0. The number of nitrogens with zero attached hydrogens (tertiary/aromatic N) is 2. The number of benzene rings is 3. The van der Waals surface area contributed by atoms with Gasteiger partial charge in [0.05, 0.1) is 22.6 Å². The van der Waals surface area contributed by atoms with Crippen molar-refractivity contribution < 1.29 is 32.9 Å². The van der Waals surface area contributed by atoms with E-state index < -0.39 is 34.9 Å². The monoisotopic (exact) mass is 618 g/mol. The number of carbonyl (C=O) groups excluding carboxylic acids is 1. The molecule has 9 heteroatoms. The first-order valence-electron chi connectivity index (χ1n) is 15.6. The zero-order valence-electron chi connectivity index (χ0n) is 25.3. The van der Waals surface area contributed by atoms with Crippen LogP contribution in [0.5, 0.6) is 11.5 Å². The lowest BCUT2D eigenvalue weighted by molar-refractivity contribution is -0.224. The van der Waals surface area contributed by atoms with Crippen LogP contribution >= 0.6 is 0 Å². The number of likely N-dealkylation sites (tertiary alicyclic amines) is 1. The molecule has 45 heavy (non-hydrogen) atoms. The van der Waals surface area contributed by atoms with E-state index in [0.29, 0.717) is 25.0 Å². The maximum Gasteiger partial charge on any atom is 0.416 e. The van der Waals surface area contributed by atoms with Crippen LogP contribution in [0.15, 0.2) is 72.8 Å². The molecule has 7 rings (SSSR count). The number of phenols is 1. The zero-order valence-corrected chi connectivity index (χ0v) is 25.3. The van der Waals surface area contributed by atoms with Gasteiger partial charge in [0.1, 0.15) is 6.10 Å². The van der Waals surface area contributed by atoms with Crippen molar-refractivity contribution in [3.05, 3.63) is 101 Å². The fourth-order valence-corrected chi connectivity index (χ4v) is 8.85. The lowest BCUT2D eigenvalue weighted by atomic mass is 9.45. The number of ether oxygens (including phenoxy) is 1. The molecule has 6 nitrogen and oxygen atoms in total. The molecule has 4 aliphatic rings. The third-order valence-electron chi connectivity index (χ3n) is 11.0. The minimum absolute atomic E-state index is 0.0228. The third-order valence-corrected chi connectivity index (χ3v) is 11.0. The number of piperidine rings is 1. The number of hydrogen-bond donors (Lipinski definition) is 2. The fraction of sp³-hybridized carbons (Fsp3) is 0.417. The number of carbonyl (C=O) groups is 1. The first-order chi connectivity index (χ1) is 21.4. The average molecular weight is 619 g/mol. The van der Waals surface area contributed by atoms with Crippen LogP contribution in [-0.2, 0) is 29.2 Å². The molecular weight excluding hydrogens is 581 g/mol. The number of likely N-dealkylation sites (N-methyl/N-ethyl adjacent to an activating group) is 1. The lowest BCUT2D eigenvalue weighted by Gasteiger charge is -2.66. The highest BCUT2D eigenvalue weighted by Crippen LogP contribution is 2.67. The summed E-state index contributed by atoms with van der Waals surface area (Å²) < 4.78 is 46.3. The Balaban J connectivity index is 1.21. The Labute approximate surface area is 260 Å². The van der Waals surface area contributed by atoms with Crippen LogP contribution in [0.25, 0.3) is 6.08 Å². The molecular formula is C36H37F3N2O4. The molecule has 0 aromatic heterocycles. The van der Waals surface area contributed by atoms with Gasteiger partial charge in [-0.05, 0) is 79.1 Å². The van der Waals surface area contributed by atoms with Gasteiger partial charge in [0.25, 0.3) is 0 Å². The summed E-state index contributed by atoms with van der Waals surface area (Å²) in [7, 11) is 1.68. The second-order valence-electron chi connectivity index (χ2n) is 13.1. The summed E-state index contributed by atoms with van der Waals surface area (Å²) >= 11 is 0. The van der Waals surface area contributed by atoms with Crippen molar-refractivity contribution in [2.24, 2.45) is 5.92 Å². The molecule has 6 atom stereocenters. The van der Waals surface area contributed by atoms with Crippen LogP contribution in [0.3, 0.4) is 0 Å². The summed E-state index contributed by atoms with van der Waals surface area (Å²) in [6.45, 7) is 3.58. The Morgan fingerprint density at radius 2 is 1.91 bits per heavy atom. The van der Waals surface area contributed by atoms with Crippen molar-refractivity contribution in [2.75, 3.05) is 20.1 Å². The minimum Gasteiger partial charge on any atom is -0.504 e. The van der Waals surface area contributed by atoms with Gasteiger partial charge in [0.2, 0.25) is 5.91 Å². The van der Waals surface area contributed by atoms with Crippen molar-refractivity contribution in [3.8, 4) is 11.5 Å². The maximum absolute atomic E-state index is 13.6. The molecule has 3 aromatic carbocycles. The van der Waals surface area contributed by atoms with Gasteiger partial charge in [0, 0.05) is 31.3 Å². The molecule has 1 amide bonds. The summed E-state index contributed by atoms with van der Waals surface area (Å²) in [6, 6.07) is 18.2. The number of hydrogen-bond acceptors (Lipinski definition) is 5. The van der Waals surface area contributed by atoms with Gasteiger partial charge in [-0.25, -0.2) is 0 Å². The molecule has 1 spiro atoms. The summed E-state index contributed by atoms with van der Waals surface area (Å²) in [5.74, 6) is -0.166. The molecule has 1 saturated carbocycles. The normalized spacial score (nSPS) is 30.2. The molecule has 2 heterocycles. The lowest BCUT2D eigenvalue weighted by Crippen LogP contribution is -2.80. The van der Waals surface area contributed by atoms with E-state index in [9.17, 15) is 28.2 Å². The van der Waals surface area contributed by atoms with Crippen molar-refractivity contribution in [1.82, 2.24) is 9.80 Å². The van der Waals surface area contributed by atoms with E-state index >= 15 is 0 Å². The van der Waals surface area contributed by atoms with Crippen LogP contribution in [0.1, 0.15) is 47.6 Å². The van der Waals surface area contributed by atoms with Gasteiger partial charge in [-0.1, -0.05) is 55.5 Å². The summed E-state index contributed by atoms with van der Waals surface area (Å²) in [4.78, 5) is 17.6. The molecule has 2 fully saturated rings. The molecule has 2 bridgehead atoms. The summed E-state index contributed by atoms with van der Waals surface area (Å²) in [6.07, 6.45) is 0.172. The predicted octanol–water partition coefficient (Wildman–Crippen LogP) is 5.59. The van der Waals surface area contributed by atoms with Crippen molar-refractivity contribution in [2.45, 2.75) is 68.0 Å². The minimum atomic E-state index is -4.48. The Morgan fingerprint density at radius 3 is 2.67 bits per heavy atom. The Bertz CT molecular complexity index is 1660. The first kappa shape index (κ1) is 29.9. The van der Waals surface area contributed by atoms with Crippen molar-refractivity contribution in [1.29, 1.82) is 0 Å². The number of aromatic hydroxyl groups is 1. The molecule has 2 N–H and O–H groups in total. The van der Waals surface area contributed by atoms with Crippen LogP contribution in [0.2, 0.25) is 0 Å². The van der Waals surface area contributed by atoms with E-state index in [4.69, 9.17) is 4.74 Å². The van der Waals surface area contributed by atoms with Crippen LogP contribution in [0, 0.1) is 5.92 Å². The highest BCUT2D eigenvalue weighted by molar-refractivity contribution is 5.92. The van der Waals surface area contributed by atoms with Gasteiger partial charge in [-0.2, -0.15) is 13.2 Å². The van der Waals surface area contributed by atoms with E-state index in [1.165, 1.54) is 29.8 Å². The Hall–Kier alpha value is -3.82. The molecule has 2 aliphatic carbocycles. The number of halogens is 3. The van der Waals surface area contributed by atoms with E-state index in [1.807, 2.05) is 31.2 Å². The topological polar surface area (TPSA) is 73.2 Å². The first-order valence-corrected chi connectivity index (χ1v) is 15.6. The van der Waals surface area contributed by atoms with E-state index in [-0.39, 0.29) is 29.2 Å². The standard InChI is InChI=1S/C36H37F3N2O4/c1-22-19-27(40(2)30(43)14-11-24-9-6-10-26(20-24)36(37,38)39)33-34-16-18-41(17-15-23-7-4-3-5-8-23)29(35(22,34)44)21-25-12-13-28(42)32(45-33)31(25)34/h3-14,20,22,27,29,33,42,44H,15-19,21H2,1-2H3/b14-11+/t22?,27?,29-,33?,34+,35-/m1/s1. The van der Waals surface area contributed by atoms with E-state index in [0.717, 1.165) is 42.8 Å². The van der Waals surface area contributed by atoms with Crippen molar-refractivity contribution in [3.63, 3.8) is 0 Å². The molecule has 0 radical (unpaired) electrons. The van der Waals surface area contributed by atoms with Gasteiger partial charge in [-0.3, -0.25) is 9.69 Å². The number of rotatable bonds is 6. The van der Waals surface area contributed by atoms with E-state index in [1.54, 1.807) is 18.0 Å². The van der Waals surface area contributed by atoms with Gasteiger partial charge in [-0.15, -0.1) is 0 Å². The number of phenolic OH excluding ortho intramolecular Hbond substituents is 1. The quantitative estimate of drug-likeness (QED) is 0.353. The zero-order chi connectivity index (χ0) is 31.7. The molecule has 236 valence electrons. The smallest absolute Gasteiger partial charge is 0.416 e. The van der Waals surface area contributed by atoms with Crippen LogP contribution in [-0.4, -0.2) is 69.8 Å². The molecule has 2 aliphatic heterocycles. The third kappa shape index (κ3) is 4.49. The van der Waals surface area contributed by atoms with Crippen molar-refractivity contribution >= 4 is 12.0 Å². The second-order valence-corrected chi connectivity index (χ2v) is 13.1. The SMILES string of the molecule is CC1CC(N(C)C(=O)/C=C/c2cccc(C(F)(F)F)c2)C2Oc3c(O)ccc4c3[C@@]23CCN(CCc2ccccc2)[C@H](C4)[C@]13O. The van der Waals surface area contributed by atoms with Gasteiger partial charge < -0.3 is 19.8 Å². The Kier molecular flexibility index (Phi) is 7.05.